The van der Waals surface area contributed by atoms with E-state index in [1.54, 1.807) is 23.1 Å². The molecule has 0 aliphatic heterocycles. The molecule has 3 heterocycles. The summed E-state index contributed by atoms with van der Waals surface area (Å²) in [4.78, 5) is 4.10. The number of aromatic nitrogens is 5. The second kappa shape index (κ2) is 10.3. The van der Waals surface area contributed by atoms with E-state index in [0.717, 1.165) is 24.0 Å². The molecular weight excluding hydrogens is 406 g/mol. The average molecular weight is 425 g/mol. The summed E-state index contributed by atoms with van der Waals surface area (Å²) < 4.78 is 1.67. The van der Waals surface area contributed by atoms with Crippen LogP contribution >= 0.6 is 0 Å². The van der Waals surface area contributed by atoms with Crippen molar-refractivity contribution in [1.29, 1.82) is 0 Å². The van der Waals surface area contributed by atoms with Crippen LogP contribution in [0.5, 0.6) is 0 Å². The fraction of sp³-hybridized carbons (Fsp3) is 0.0952. The van der Waals surface area contributed by atoms with Gasteiger partial charge in [-0.15, -0.1) is 15.3 Å². The third kappa shape index (κ3) is 5.34. The van der Waals surface area contributed by atoms with E-state index in [1.807, 2.05) is 36.4 Å². The van der Waals surface area contributed by atoms with Crippen molar-refractivity contribution < 1.29 is 17.1 Å². The van der Waals surface area contributed by atoms with Crippen LogP contribution in [-0.2, 0) is 17.1 Å². The standard InChI is InChI=1S/C16H13N7.C5H6.Fe/c1-2-5-12(4-1)10-18-19-14-7-8-15-20-21-16(23(15)22-14)13-6-3-9-17-11-13;1-2-4-5-3-1;/h1-4,6-11H,5H2,(H,19,22);1-4H,5H2;/q;;+2/b18-10+;;. The van der Waals surface area contributed by atoms with Crippen LogP contribution < -0.4 is 5.43 Å². The molecule has 8 heteroatoms. The summed E-state index contributed by atoms with van der Waals surface area (Å²) in [5.74, 6) is 1.26. The zero-order valence-corrected chi connectivity index (χ0v) is 16.6. The Kier molecular flexibility index (Phi) is 7.22. The summed E-state index contributed by atoms with van der Waals surface area (Å²) in [5.41, 5.74) is 5.61. The second-order valence-corrected chi connectivity index (χ2v) is 6.09. The van der Waals surface area contributed by atoms with Gasteiger partial charge in [0.25, 0.3) is 0 Å². The van der Waals surface area contributed by atoms with Gasteiger partial charge in [0.15, 0.2) is 17.3 Å². The van der Waals surface area contributed by atoms with E-state index in [4.69, 9.17) is 0 Å². The number of hydrogen-bond acceptors (Lipinski definition) is 6. The van der Waals surface area contributed by atoms with Gasteiger partial charge in [0, 0.05) is 18.0 Å². The van der Waals surface area contributed by atoms with Gasteiger partial charge in [-0.3, -0.25) is 10.4 Å². The molecule has 0 atom stereocenters. The molecule has 2 aliphatic carbocycles. The molecule has 0 bridgehead atoms. The van der Waals surface area contributed by atoms with E-state index in [0.29, 0.717) is 17.3 Å². The number of hydrogen-bond donors (Lipinski definition) is 1. The number of nitrogens with one attached hydrogen (secondary N) is 1. The van der Waals surface area contributed by atoms with E-state index < -0.39 is 0 Å². The average Bonchev–Trinajstić information content (AvgIpc) is 3.51. The van der Waals surface area contributed by atoms with E-state index in [2.05, 4.69) is 61.2 Å². The van der Waals surface area contributed by atoms with Gasteiger partial charge in [0.1, 0.15) is 0 Å². The Morgan fingerprint density at radius 3 is 2.62 bits per heavy atom. The van der Waals surface area contributed by atoms with Crippen molar-refractivity contribution >= 4 is 17.7 Å². The monoisotopic (exact) mass is 425 g/mol. The number of hydrazone groups is 1. The number of anilines is 1. The minimum atomic E-state index is 0. The summed E-state index contributed by atoms with van der Waals surface area (Å²) >= 11 is 0. The minimum absolute atomic E-state index is 0. The van der Waals surface area contributed by atoms with E-state index in [-0.39, 0.29) is 17.1 Å². The number of nitrogens with zero attached hydrogens (tertiary/aromatic N) is 6. The molecule has 0 spiro atoms. The molecule has 5 rings (SSSR count). The van der Waals surface area contributed by atoms with Crippen molar-refractivity contribution in [3.63, 3.8) is 0 Å². The van der Waals surface area contributed by atoms with Crippen LogP contribution in [0.1, 0.15) is 12.8 Å². The first-order chi connectivity index (χ1) is 13.9. The molecule has 144 valence electrons. The quantitative estimate of drug-likeness (QED) is 0.389. The minimum Gasteiger partial charge on any atom is -0.264 e. The molecule has 0 saturated heterocycles. The molecule has 7 nitrogen and oxygen atoms in total. The maximum atomic E-state index is 4.48. The van der Waals surface area contributed by atoms with Crippen LogP contribution in [0.25, 0.3) is 17.0 Å². The maximum Gasteiger partial charge on any atom is 2.00 e. The third-order valence-corrected chi connectivity index (χ3v) is 4.05. The predicted molar refractivity (Wildman–Crippen MR) is 111 cm³/mol. The summed E-state index contributed by atoms with van der Waals surface area (Å²) in [6, 6.07) is 7.43. The van der Waals surface area contributed by atoms with Crippen molar-refractivity contribution in [2.45, 2.75) is 12.8 Å². The molecule has 3 aromatic rings. The molecule has 0 unspecified atom stereocenters. The smallest absolute Gasteiger partial charge is 0.264 e. The summed E-state index contributed by atoms with van der Waals surface area (Å²) in [5, 5.41) is 17.0. The Hall–Kier alpha value is -3.35. The van der Waals surface area contributed by atoms with Crippen LogP contribution in [0.15, 0.2) is 89.9 Å². The SMILES string of the molecule is C1=CCC(/C=N/Nc2ccc3nnc(-c4cccnc4)n3n2)=C1.C1=CCC=C1.[Fe+2]. The zero-order chi connectivity index (χ0) is 19.0. The van der Waals surface area contributed by atoms with Gasteiger partial charge in [0.05, 0.1) is 6.21 Å². The van der Waals surface area contributed by atoms with E-state index >= 15 is 0 Å². The molecule has 0 radical (unpaired) electrons. The number of allylic oxidation sites excluding steroid dienone is 8. The van der Waals surface area contributed by atoms with E-state index in [1.165, 1.54) is 0 Å². The second-order valence-electron chi connectivity index (χ2n) is 6.09. The van der Waals surface area contributed by atoms with Gasteiger partial charge < -0.3 is 0 Å². The largest absolute Gasteiger partial charge is 2.00 e. The summed E-state index contributed by atoms with van der Waals surface area (Å²) in [6.45, 7) is 0. The van der Waals surface area contributed by atoms with Gasteiger partial charge in [-0.1, -0.05) is 42.5 Å². The molecule has 2 aliphatic rings. The maximum absolute atomic E-state index is 4.48. The third-order valence-electron chi connectivity index (χ3n) is 4.05. The molecule has 0 fully saturated rings. The fourth-order valence-electron chi connectivity index (χ4n) is 2.66. The molecule has 29 heavy (non-hydrogen) atoms. The van der Waals surface area contributed by atoms with Crippen molar-refractivity contribution in [3.05, 3.63) is 84.8 Å². The van der Waals surface area contributed by atoms with Gasteiger partial charge in [-0.25, -0.2) is 0 Å². The van der Waals surface area contributed by atoms with Gasteiger partial charge >= 0.3 is 17.1 Å². The first-order valence-corrected chi connectivity index (χ1v) is 8.99. The molecule has 0 amide bonds. The Morgan fingerprint density at radius 2 is 1.93 bits per heavy atom. The first kappa shape index (κ1) is 20.4. The number of rotatable bonds is 4. The first-order valence-electron chi connectivity index (χ1n) is 8.99. The van der Waals surface area contributed by atoms with Crippen LogP contribution in [0, 0.1) is 0 Å². The Morgan fingerprint density at radius 1 is 1.03 bits per heavy atom. The van der Waals surface area contributed by atoms with Crippen LogP contribution in [-0.4, -0.2) is 31.0 Å². The molecule has 1 N–H and O–H groups in total. The molecular formula is C21H19FeN7+2. The van der Waals surface area contributed by atoms with Gasteiger partial charge in [-0.2, -0.15) is 9.62 Å². The van der Waals surface area contributed by atoms with Crippen molar-refractivity contribution in [3.8, 4) is 11.4 Å². The Bertz CT molecular complexity index is 1080. The fourth-order valence-corrected chi connectivity index (χ4v) is 2.66. The Labute approximate surface area is 179 Å². The van der Waals surface area contributed by atoms with Crippen molar-refractivity contribution in [2.75, 3.05) is 5.43 Å². The van der Waals surface area contributed by atoms with Crippen LogP contribution in [0.2, 0.25) is 0 Å². The zero-order valence-electron chi connectivity index (χ0n) is 15.5. The Balaban J connectivity index is 0.000000352. The summed E-state index contributed by atoms with van der Waals surface area (Å²) in [6.07, 6.45) is 21.8. The molecule has 0 saturated carbocycles. The number of pyridine rings is 1. The summed E-state index contributed by atoms with van der Waals surface area (Å²) in [7, 11) is 0. The van der Waals surface area contributed by atoms with E-state index in [9.17, 15) is 0 Å². The normalized spacial score (nSPS) is 14.0. The molecule has 3 aromatic heterocycles. The van der Waals surface area contributed by atoms with Crippen LogP contribution in [0.4, 0.5) is 5.82 Å². The van der Waals surface area contributed by atoms with Crippen molar-refractivity contribution in [2.24, 2.45) is 5.10 Å². The number of fused-ring (bicyclic) bond motifs is 1. The molecule has 0 aromatic carbocycles. The van der Waals surface area contributed by atoms with Crippen molar-refractivity contribution in [1.82, 2.24) is 24.8 Å². The predicted octanol–water partition coefficient (Wildman–Crippen LogP) is 3.97. The topological polar surface area (TPSA) is 80.4 Å². The van der Waals surface area contributed by atoms with Gasteiger partial charge in [0.2, 0.25) is 0 Å². The van der Waals surface area contributed by atoms with Gasteiger partial charge in [-0.05, 0) is 42.7 Å². The van der Waals surface area contributed by atoms with Crippen LogP contribution in [0.3, 0.4) is 0 Å².